The molecule has 1 N–H and O–H groups in total. The lowest BCUT2D eigenvalue weighted by Gasteiger charge is -2.06. The summed E-state index contributed by atoms with van der Waals surface area (Å²) >= 11 is 5.91. The Balaban J connectivity index is 1.52. The number of nitrogens with one attached hydrogen (secondary N) is 1. The maximum absolute atomic E-state index is 12.2. The number of amides is 1. The maximum atomic E-state index is 12.2. The van der Waals surface area contributed by atoms with Crippen LogP contribution in [0.5, 0.6) is 5.75 Å². The van der Waals surface area contributed by atoms with Crippen molar-refractivity contribution in [1.29, 1.82) is 0 Å². The molecule has 3 rings (SSSR count). The first-order chi connectivity index (χ1) is 12.1. The Labute approximate surface area is 150 Å². The number of hydrogen-bond acceptors (Lipinski definition) is 4. The van der Waals surface area contributed by atoms with Gasteiger partial charge in [0.25, 0.3) is 5.91 Å². The van der Waals surface area contributed by atoms with E-state index in [-0.39, 0.29) is 12.6 Å². The number of nitrogens with zero attached hydrogens (tertiary/aromatic N) is 4. The van der Waals surface area contributed by atoms with Gasteiger partial charge in [-0.05, 0) is 31.2 Å². The molecule has 25 heavy (non-hydrogen) atoms. The van der Waals surface area contributed by atoms with Gasteiger partial charge in [0, 0.05) is 36.1 Å². The Morgan fingerprint density at radius 3 is 2.96 bits per heavy atom. The standard InChI is InChI=1S/C17H18ClN5O2/c1-2-22-11-13(10-20-22)9-19-17(24)16-6-7-23(21-16)12-25-15-5-3-4-14(18)8-15/h3-8,10-11H,2,9,12H2,1H3,(H,19,24). The van der Waals surface area contributed by atoms with Crippen molar-refractivity contribution in [2.24, 2.45) is 0 Å². The summed E-state index contributed by atoms with van der Waals surface area (Å²) in [6.45, 7) is 3.40. The molecular formula is C17H18ClN5O2. The molecule has 7 nitrogen and oxygen atoms in total. The van der Waals surface area contributed by atoms with E-state index in [4.69, 9.17) is 16.3 Å². The summed E-state index contributed by atoms with van der Waals surface area (Å²) in [5, 5.41) is 11.8. The van der Waals surface area contributed by atoms with Crippen LogP contribution in [0.3, 0.4) is 0 Å². The fourth-order valence-electron chi connectivity index (χ4n) is 2.20. The second-order valence-corrected chi connectivity index (χ2v) is 5.79. The van der Waals surface area contributed by atoms with E-state index in [9.17, 15) is 4.79 Å². The molecule has 8 heteroatoms. The van der Waals surface area contributed by atoms with Crippen LogP contribution < -0.4 is 10.1 Å². The molecule has 0 radical (unpaired) electrons. The summed E-state index contributed by atoms with van der Waals surface area (Å²) in [6.07, 6.45) is 5.33. The summed E-state index contributed by atoms with van der Waals surface area (Å²) < 4.78 is 8.94. The van der Waals surface area contributed by atoms with E-state index in [0.29, 0.717) is 23.0 Å². The highest BCUT2D eigenvalue weighted by molar-refractivity contribution is 6.30. The lowest BCUT2D eigenvalue weighted by molar-refractivity contribution is 0.0944. The summed E-state index contributed by atoms with van der Waals surface area (Å²) in [5.74, 6) is 0.396. The van der Waals surface area contributed by atoms with Crippen LogP contribution in [0.1, 0.15) is 23.0 Å². The van der Waals surface area contributed by atoms with Crippen LogP contribution >= 0.6 is 11.6 Å². The van der Waals surface area contributed by atoms with Crippen molar-refractivity contribution < 1.29 is 9.53 Å². The van der Waals surface area contributed by atoms with Crippen molar-refractivity contribution >= 4 is 17.5 Å². The van der Waals surface area contributed by atoms with E-state index < -0.39 is 0 Å². The number of carbonyl (C=O) groups excluding carboxylic acids is 1. The largest absolute Gasteiger partial charge is 0.471 e. The molecule has 2 heterocycles. The third-order valence-electron chi connectivity index (χ3n) is 3.50. The highest BCUT2D eigenvalue weighted by atomic mass is 35.5. The number of carbonyl (C=O) groups is 1. The number of rotatable bonds is 7. The van der Waals surface area contributed by atoms with E-state index in [1.54, 1.807) is 47.4 Å². The van der Waals surface area contributed by atoms with Gasteiger partial charge in [-0.3, -0.25) is 9.48 Å². The molecule has 0 bridgehead atoms. The van der Waals surface area contributed by atoms with Crippen LogP contribution in [0.25, 0.3) is 0 Å². The van der Waals surface area contributed by atoms with E-state index in [1.165, 1.54) is 0 Å². The summed E-state index contributed by atoms with van der Waals surface area (Å²) in [5.41, 5.74) is 1.27. The van der Waals surface area contributed by atoms with Gasteiger partial charge in [0.2, 0.25) is 0 Å². The van der Waals surface area contributed by atoms with Gasteiger partial charge in [-0.25, -0.2) is 4.68 Å². The van der Waals surface area contributed by atoms with E-state index in [0.717, 1.165) is 12.1 Å². The molecule has 1 amide bonds. The van der Waals surface area contributed by atoms with Crippen LogP contribution in [-0.4, -0.2) is 25.5 Å². The van der Waals surface area contributed by atoms with Gasteiger partial charge in [-0.1, -0.05) is 17.7 Å². The normalized spacial score (nSPS) is 10.6. The molecule has 0 saturated heterocycles. The number of ether oxygens (including phenoxy) is 1. The molecule has 0 aliphatic heterocycles. The number of hydrogen-bond donors (Lipinski definition) is 1. The van der Waals surface area contributed by atoms with Gasteiger partial charge in [0.1, 0.15) is 11.4 Å². The lowest BCUT2D eigenvalue weighted by atomic mass is 10.3. The Morgan fingerprint density at radius 1 is 1.32 bits per heavy atom. The highest BCUT2D eigenvalue weighted by Crippen LogP contribution is 2.17. The van der Waals surface area contributed by atoms with Gasteiger partial charge in [0.05, 0.1) is 6.20 Å². The quantitative estimate of drug-likeness (QED) is 0.704. The molecule has 3 aromatic rings. The first-order valence-electron chi connectivity index (χ1n) is 7.85. The number of benzene rings is 1. The first kappa shape index (κ1) is 17.0. The maximum Gasteiger partial charge on any atom is 0.272 e. The first-order valence-corrected chi connectivity index (χ1v) is 8.23. The Bertz CT molecular complexity index is 858. The SMILES string of the molecule is CCn1cc(CNC(=O)c2ccn(COc3cccc(Cl)c3)n2)cn1. The van der Waals surface area contributed by atoms with E-state index in [1.807, 2.05) is 17.8 Å². The zero-order valence-corrected chi connectivity index (χ0v) is 14.5. The predicted octanol–water partition coefficient (Wildman–Crippen LogP) is 2.72. The van der Waals surface area contributed by atoms with Crippen molar-refractivity contribution in [2.45, 2.75) is 26.7 Å². The average Bonchev–Trinajstić information content (AvgIpc) is 3.27. The highest BCUT2D eigenvalue weighted by Gasteiger charge is 2.10. The van der Waals surface area contributed by atoms with Crippen LogP contribution in [0.4, 0.5) is 0 Å². The van der Waals surface area contributed by atoms with Crippen molar-refractivity contribution in [3.63, 3.8) is 0 Å². The van der Waals surface area contributed by atoms with Gasteiger partial charge in [-0.2, -0.15) is 10.2 Å². The third kappa shape index (κ3) is 4.60. The summed E-state index contributed by atoms with van der Waals surface area (Å²) in [4.78, 5) is 12.2. The number of halogens is 1. The van der Waals surface area contributed by atoms with Gasteiger partial charge < -0.3 is 10.1 Å². The minimum atomic E-state index is -0.245. The van der Waals surface area contributed by atoms with Gasteiger partial charge in [0.15, 0.2) is 6.73 Å². The Kier molecular flexibility index (Phi) is 5.35. The molecule has 0 spiro atoms. The Morgan fingerprint density at radius 2 is 2.20 bits per heavy atom. The number of aryl methyl sites for hydroxylation is 1. The number of aromatic nitrogens is 4. The fourth-order valence-corrected chi connectivity index (χ4v) is 2.38. The molecule has 0 aliphatic carbocycles. The monoisotopic (exact) mass is 359 g/mol. The van der Waals surface area contributed by atoms with Crippen molar-refractivity contribution in [1.82, 2.24) is 24.9 Å². The van der Waals surface area contributed by atoms with E-state index >= 15 is 0 Å². The smallest absolute Gasteiger partial charge is 0.272 e. The van der Waals surface area contributed by atoms with Crippen molar-refractivity contribution in [3.8, 4) is 5.75 Å². The molecule has 0 saturated carbocycles. The predicted molar refractivity (Wildman–Crippen MR) is 93.4 cm³/mol. The molecule has 1 aromatic carbocycles. The van der Waals surface area contributed by atoms with Gasteiger partial charge >= 0.3 is 0 Å². The van der Waals surface area contributed by atoms with Crippen molar-refractivity contribution in [3.05, 3.63) is 65.2 Å². The minimum absolute atomic E-state index is 0.191. The molecule has 0 aliphatic rings. The van der Waals surface area contributed by atoms with Crippen LogP contribution in [0, 0.1) is 0 Å². The summed E-state index contributed by atoms with van der Waals surface area (Å²) in [7, 11) is 0. The molecule has 0 unspecified atom stereocenters. The molecule has 130 valence electrons. The molecule has 0 atom stereocenters. The van der Waals surface area contributed by atoms with Crippen LogP contribution in [-0.2, 0) is 19.8 Å². The second-order valence-electron chi connectivity index (χ2n) is 5.36. The van der Waals surface area contributed by atoms with Crippen molar-refractivity contribution in [2.75, 3.05) is 0 Å². The minimum Gasteiger partial charge on any atom is -0.471 e. The Hall–Kier alpha value is -2.80. The zero-order valence-electron chi connectivity index (χ0n) is 13.7. The average molecular weight is 360 g/mol. The van der Waals surface area contributed by atoms with Crippen LogP contribution in [0.2, 0.25) is 5.02 Å². The molecule has 0 fully saturated rings. The lowest BCUT2D eigenvalue weighted by Crippen LogP contribution is -2.23. The summed E-state index contributed by atoms with van der Waals surface area (Å²) in [6, 6.07) is 8.75. The molecule has 2 aromatic heterocycles. The fraction of sp³-hybridized carbons (Fsp3) is 0.235. The van der Waals surface area contributed by atoms with Crippen LogP contribution in [0.15, 0.2) is 48.9 Å². The molecular weight excluding hydrogens is 342 g/mol. The van der Waals surface area contributed by atoms with Gasteiger partial charge in [-0.15, -0.1) is 0 Å². The zero-order chi connectivity index (χ0) is 17.6. The van der Waals surface area contributed by atoms with E-state index in [2.05, 4.69) is 15.5 Å². The second kappa shape index (κ2) is 7.85. The third-order valence-corrected chi connectivity index (χ3v) is 3.73. The topological polar surface area (TPSA) is 74.0 Å².